The number of carbonyl (C=O) groups excluding carboxylic acids is 2. The summed E-state index contributed by atoms with van der Waals surface area (Å²) in [5, 5.41) is 16.7. The summed E-state index contributed by atoms with van der Waals surface area (Å²) in [4.78, 5) is 20.0. The average molecular weight is 313 g/mol. The average Bonchev–Trinajstić information content (AvgIpc) is 1.79. The molecule has 0 radical (unpaired) electrons. The van der Waals surface area contributed by atoms with Crippen molar-refractivity contribution < 1.29 is 47.1 Å². The third-order valence-corrected chi connectivity index (χ3v) is 0.824. The van der Waals surface area contributed by atoms with Crippen LogP contribution in [0.3, 0.4) is 0 Å². The van der Waals surface area contributed by atoms with Crippen LogP contribution in [0.1, 0.15) is 27.7 Å². The second kappa shape index (κ2) is 11.4. The molecule has 4 nitrogen and oxygen atoms in total. The molecule has 0 aliphatic rings. The fourth-order valence-corrected chi connectivity index (χ4v) is 0.588. The number of hydrogen-bond acceptors (Lipinski definition) is 4. The number of allylic oxidation sites excluding steroid dienone is 4. The van der Waals surface area contributed by atoms with Crippen molar-refractivity contribution >= 4 is 11.6 Å². The molecule has 0 unspecified atom stereocenters. The maximum atomic E-state index is 10.0. The van der Waals surface area contributed by atoms with Crippen LogP contribution >= 0.6 is 0 Å². The number of ketones is 2. The van der Waals surface area contributed by atoms with Crippen molar-refractivity contribution in [2.75, 3.05) is 0 Å². The van der Waals surface area contributed by atoms with Gasteiger partial charge in [0.1, 0.15) is 0 Å². The topological polar surface area (TPSA) is 74.6 Å². The van der Waals surface area contributed by atoms with Gasteiger partial charge in [0.05, 0.1) is 11.5 Å². The molecule has 0 amide bonds. The van der Waals surface area contributed by atoms with Crippen molar-refractivity contribution in [3.63, 3.8) is 0 Å². The Balaban J connectivity index is -0.000000180. The predicted molar refractivity (Wildman–Crippen MR) is 54.1 cm³/mol. The predicted octanol–water partition coefficient (Wildman–Crippen LogP) is 2.07. The molecule has 0 bridgehead atoms. The van der Waals surface area contributed by atoms with E-state index < -0.39 is 0 Å². The van der Waals surface area contributed by atoms with E-state index in [1.807, 2.05) is 0 Å². The van der Waals surface area contributed by atoms with Crippen LogP contribution in [0.15, 0.2) is 23.7 Å². The van der Waals surface area contributed by atoms with Crippen LogP contribution in [0.2, 0.25) is 0 Å². The Bertz CT molecular complexity index is 231. The number of aliphatic hydroxyl groups is 2. The summed E-state index contributed by atoms with van der Waals surface area (Å²) in [5.41, 5.74) is 0. The van der Waals surface area contributed by atoms with Crippen LogP contribution in [0, 0.1) is 0 Å². The zero-order chi connectivity index (χ0) is 11.7. The molecule has 0 spiro atoms. The van der Waals surface area contributed by atoms with Gasteiger partial charge in [0.2, 0.25) is 0 Å². The zero-order valence-electron chi connectivity index (χ0n) is 9.57. The van der Waals surface area contributed by atoms with Crippen molar-refractivity contribution in [3.05, 3.63) is 23.7 Å². The number of carbonyl (C=O) groups is 2. The van der Waals surface area contributed by atoms with Crippen LogP contribution in [-0.4, -0.2) is 21.8 Å². The summed E-state index contributed by atoms with van der Waals surface area (Å²) < 4.78 is 0. The largest absolute Gasteiger partial charge is 0.512 e. The second-order valence-electron chi connectivity index (χ2n) is 2.79. The Morgan fingerprint density at radius 3 is 1.00 bits per heavy atom. The van der Waals surface area contributed by atoms with Gasteiger partial charge in [-0.25, -0.2) is 0 Å². The summed E-state index contributed by atoms with van der Waals surface area (Å²) in [6, 6.07) is 0. The molecule has 0 aromatic carbocycles. The van der Waals surface area contributed by atoms with Gasteiger partial charge in [0.25, 0.3) is 0 Å². The first-order valence-corrected chi connectivity index (χ1v) is 4.01. The van der Waals surface area contributed by atoms with Gasteiger partial charge in [-0.3, -0.25) is 9.59 Å². The van der Waals surface area contributed by atoms with E-state index in [1.165, 1.54) is 39.8 Å². The second-order valence-corrected chi connectivity index (χ2v) is 2.79. The van der Waals surface area contributed by atoms with Crippen molar-refractivity contribution in [1.82, 2.24) is 0 Å². The van der Waals surface area contributed by atoms with Crippen LogP contribution in [0.25, 0.3) is 0 Å². The molecule has 0 aliphatic carbocycles. The van der Waals surface area contributed by atoms with Crippen molar-refractivity contribution in [3.8, 4) is 0 Å². The first kappa shape index (κ1) is 19.8. The van der Waals surface area contributed by atoms with Crippen molar-refractivity contribution in [1.29, 1.82) is 0 Å². The van der Waals surface area contributed by atoms with Gasteiger partial charge >= 0.3 is 0 Å². The first-order chi connectivity index (χ1) is 6.25. The van der Waals surface area contributed by atoms with Gasteiger partial charge in [-0.15, -0.1) is 0 Å². The molecule has 0 rings (SSSR count). The summed E-state index contributed by atoms with van der Waals surface area (Å²) in [6.07, 6.45) is 2.33. The molecule has 0 aromatic heterocycles. The van der Waals surface area contributed by atoms with E-state index in [4.69, 9.17) is 10.2 Å². The smallest absolute Gasteiger partial charge is 0.155 e. The van der Waals surface area contributed by atoms with Gasteiger partial charge in [-0.05, 0) is 27.7 Å². The van der Waals surface area contributed by atoms with Crippen molar-refractivity contribution in [2.45, 2.75) is 27.7 Å². The fraction of sp³-hybridized carbons (Fsp3) is 0.400. The minimum absolute atomic E-state index is 0. The molecular formula is C10H16CdO4. The number of hydrogen-bond donors (Lipinski definition) is 2. The summed E-state index contributed by atoms with van der Waals surface area (Å²) in [5.74, 6) is -0.125. The maximum absolute atomic E-state index is 10.0. The third-order valence-electron chi connectivity index (χ3n) is 0.824. The minimum atomic E-state index is -0.125. The van der Waals surface area contributed by atoms with Crippen LogP contribution in [0.4, 0.5) is 0 Å². The molecule has 0 aliphatic heterocycles. The molecule has 82 valence electrons. The van der Waals surface area contributed by atoms with Gasteiger partial charge in [0.15, 0.2) is 11.6 Å². The van der Waals surface area contributed by atoms with E-state index in [0.717, 1.165) is 0 Å². The van der Waals surface area contributed by atoms with Gasteiger partial charge in [-0.1, -0.05) is 0 Å². The Morgan fingerprint density at radius 2 is 1.00 bits per heavy atom. The van der Waals surface area contributed by atoms with E-state index in [1.54, 1.807) is 0 Å². The molecule has 5 heteroatoms. The Labute approximate surface area is 110 Å². The molecule has 2 N–H and O–H groups in total. The van der Waals surface area contributed by atoms with E-state index >= 15 is 0 Å². The SMILES string of the molecule is CC(=O)/C=C(\C)O.CC(=O)/C=C(\C)O.[Cd]. The third kappa shape index (κ3) is 31.8. The van der Waals surface area contributed by atoms with Gasteiger partial charge < -0.3 is 10.2 Å². The standard InChI is InChI=1S/2C5H8O2.Cd/c2*1-4(6)3-5(2)7;/h2*3,6H,1-2H3;/b2*4-3+;. The van der Waals surface area contributed by atoms with Crippen LogP contribution < -0.4 is 0 Å². The minimum Gasteiger partial charge on any atom is -0.512 e. The molecule has 0 saturated heterocycles. The Morgan fingerprint density at radius 1 is 0.800 bits per heavy atom. The molecular weight excluding hydrogens is 297 g/mol. The quantitative estimate of drug-likeness (QED) is 0.465. The molecule has 0 heterocycles. The normalized spacial score (nSPS) is 10.7. The van der Waals surface area contributed by atoms with E-state index in [0.29, 0.717) is 0 Å². The van der Waals surface area contributed by atoms with Crippen LogP contribution in [0.5, 0.6) is 0 Å². The molecule has 0 fully saturated rings. The van der Waals surface area contributed by atoms with E-state index in [9.17, 15) is 9.59 Å². The summed E-state index contributed by atoms with van der Waals surface area (Å²) >= 11 is 0. The number of rotatable bonds is 2. The van der Waals surface area contributed by atoms with Gasteiger partial charge in [0, 0.05) is 39.5 Å². The first-order valence-electron chi connectivity index (χ1n) is 4.01. The number of aliphatic hydroxyl groups excluding tert-OH is 2. The maximum Gasteiger partial charge on any atom is 0.155 e. The summed E-state index contributed by atoms with van der Waals surface area (Å²) in [7, 11) is 0. The Hall–Kier alpha value is -0.658. The van der Waals surface area contributed by atoms with E-state index in [-0.39, 0.29) is 50.4 Å². The Kier molecular flexibility index (Phi) is 15.1. The molecule has 0 aromatic rings. The molecule has 0 atom stereocenters. The van der Waals surface area contributed by atoms with Crippen LogP contribution in [-0.2, 0) is 36.9 Å². The summed E-state index contributed by atoms with van der Waals surface area (Å²) in [6.45, 7) is 5.70. The fourth-order valence-electron chi connectivity index (χ4n) is 0.588. The van der Waals surface area contributed by atoms with Crippen molar-refractivity contribution in [2.24, 2.45) is 0 Å². The zero-order valence-corrected chi connectivity index (χ0v) is 13.6. The molecule has 15 heavy (non-hydrogen) atoms. The molecule has 0 saturated carbocycles. The monoisotopic (exact) mass is 314 g/mol. The van der Waals surface area contributed by atoms with E-state index in [2.05, 4.69) is 0 Å². The van der Waals surface area contributed by atoms with Gasteiger partial charge in [-0.2, -0.15) is 0 Å².